The highest BCUT2D eigenvalue weighted by Crippen LogP contribution is 2.19. The molecular formula is C15H19N3O. The minimum absolute atomic E-state index is 0.264. The van der Waals surface area contributed by atoms with Gasteiger partial charge in [-0.3, -0.25) is 4.99 Å². The summed E-state index contributed by atoms with van der Waals surface area (Å²) < 4.78 is 5.64. The van der Waals surface area contributed by atoms with Gasteiger partial charge in [0.2, 0.25) is 0 Å². The first-order valence-electron chi connectivity index (χ1n) is 6.44. The minimum Gasteiger partial charge on any atom is -0.423 e. The summed E-state index contributed by atoms with van der Waals surface area (Å²) in [7, 11) is 0. The largest absolute Gasteiger partial charge is 0.423 e. The molecule has 4 heteroatoms. The molecule has 2 rings (SSSR count). The van der Waals surface area contributed by atoms with Gasteiger partial charge in [0, 0.05) is 6.04 Å². The Balaban J connectivity index is 2.23. The molecule has 0 radical (unpaired) electrons. The molecule has 0 aliphatic rings. The van der Waals surface area contributed by atoms with Crippen LogP contribution in [0.15, 0.2) is 45.4 Å². The van der Waals surface area contributed by atoms with Gasteiger partial charge < -0.3 is 9.73 Å². The Hall–Kier alpha value is -2.10. The SMILES string of the molecule is C/C=C(Nc1nc2ccccc2o1)\C(C)=N/C(C)C. The molecular weight excluding hydrogens is 238 g/mol. The summed E-state index contributed by atoms with van der Waals surface area (Å²) in [5.41, 5.74) is 3.48. The molecule has 1 aromatic heterocycles. The average Bonchev–Trinajstić information content (AvgIpc) is 2.77. The number of fused-ring (bicyclic) bond motifs is 1. The van der Waals surface area contributed by atoms with E-state index in [1.54, 1.807) is 0 Å². The van der Waals surface area contributed by atoms with Crippen molar-refractivity contribution in [2.24, 2.45) is 4.99 Å². The lowest BCUT2D eigenvalue weighted by atomic mass is 10.2. The number of anilines is 1. The van der Waals surface area contributed by atoms with Gasteiger partial charge in [-0.1, -0.05) is 18.2 Å². The number of aromatic nitrogens is 1. The molecule has 0 bridgehead atoms. The van der Waals surface area contributed by atoms with Crippen LogP contribution in [0.5, 0.6) is 0 Å². The van der Waals surface area contributed by atoms with Crippen LogP contribution in [-0.2, 0) is 0 Å². The zero-order chi connectivity index (χ0) is 13.8. The van der Waals surface area contributed by atoms with Crippen molar-refractivity contribution in [1.82, 2.24) is 4.98 Å². The third kappa shape index (κ3) is 3.22. The number of benzene rings is 1. The molecule has 1 N–H and O–H groups in total. The maximum atomic E-state index is 5.64. The number of oxazole rings is 1. The first kappa shape index (κ1) is 13.3. The number of aliphatic imine (C=N–C) groups is 1. The zero-order valence-electron chi connectivity index (χ0n) is 11.8. The van der Waals surface area contributed by atoms with Gasteiger partial charge in [0.1, 0.15) is 5.52 Å². The first-order valence-corrected chi connectivity index (χ1v) is 6.44. The topological polar surface area (TPSA) is 50.4 Å². The van der Waals surface area contributed by atoms with Crippen molar-refractivity contribution in [3.63, 3.8) is 0 Å². The predicted octanol–water partition coefficient (Wildman–Crippen LogP) is 4.01. The molecule has 0 atom stereocenters. The fourth-order valence-electron chi connectivity index (χ4n) is 1.87. The zero-order valence-corrected chi connectivity index (χ0v) is 11.8. The molecule has 0 amide bonds. The number of para-hydroxylation sites is 2. The van der Waals surface area contributed by atoms with E-state index in [2.05, 4.69) is 29.1 Å². The van der Waals surface area contributed by atoms with Gasteiger partial charge in [-0.2, -0.15) is 4.98 Å². The lowest BCUT2D eigenvalue weighted by Gasteiger charge is -2.08. The van der Waals surface area contributed by atoms with E-state index >= 15 is 0 Å². The Morgan fingerprint density at radius 2 is 2.11 bits per heavy atom. The fraction of sp³-hybridized carbons (Fsp3) is 0.333. The van der Waals surface area contributed by atoms with Crippen LogP contribution in [0.25, 0.3) is 11.1 Å². The highest BCUT2D eigenvalue weighted by atomic mass is 16.4. The van der Waals surface area contributed by atoms with E-state index in [1.807, 2.05) is 44.2 Å². The van der Waals surface area contributed by atoms with E-state index in [-0.39, 0.29) is 6.04 Å². The third-order valence-corrected chi connectivity index (χ3v) is 2.67. The number of allylic oxidation sites excluding steroid dienone is 2. The van der Waals surface area contributed by atoms with Crippen molar-refractivity contribution in [3.05, 3.63) is 36.0 Å². The van der Waals surface area contributed by atoms with Crippen molar-refractivity contribution < 1.29 is 4.42 Å². The Kier molecular flexibility index (Phi) is 4.00. The smallest absolute Gasteiger partial charge is 0.300 e. The molecule has 0 fully saturated rings. The van der Waals surface area contributed by atoms with Gasteiger partial charge in [-0.25, -0.2) is 0 Å². The molecule has 0 unspecified atom stereocenters. The van der Waals surface area contributed by atoms with Gasteiger partial charge in [0.05, 0.1) is 11.4 Å². The number of hydrogen-bond donors (Lipinski definition) is 1. The van der Waals surface area contributed by atoms with E-state index in [1.165, 1.54) is 0 Å². The highest BCUT2D eigenvalue weighted by molar-refractivity contribution is 6.00. The maximum Gasteiger partial charge on any atom is 0.300 e. The summed E-state index contributed by atoms with van der Waals surface area (Å²) in [5.74, 6) is 0. The molecule has 4 nitrogen and oxygen atoms in total. The van der Waals surface area contributed by atoms with E-state index < -0.39 is 0 Å². The van der Waals surface area contributed by atoms with E-state index in [0.29, 0.717) is 6.01 Å². The number of nitrogens with zero attached hydrogens (tertiary/aromatic N) is 2. The minimum atomic E-state index is 0.264. The summed E-state index contributed by atoms with van der Waals surface area (Å²) in [6.45, 7) is 8.04. The Morgan fingerprint density at radius 3 is 2.74 bits per heavy atom. The predicted molar refractivity (Wildman–Crippen MR) is 79.6 cm³/mol. The number of rotatable bonds is 4. The number of nitrogens with one attached hydrogen (secondary N) is 1. The van der Waals surface area contributed by atoms with Crippen LogP contribution < -0.4 is 5.32 Å². The second-order valence-electron chi connectivity index (χ2n) is 4.62. The highest BCUT2D eigenvalue weighted by Gasteiger charge is 2.08. The Labute approximate surface area is 113 Å². The van der Waals surface area contributed by atoms with E-state index in [4.69, 9.17) is 4.42 Å². The summed E-state index contributed by atoms with van der Waals surface area (Å²) in [4.78, 5) is 8.90. The fourth-order valence-corrected chi connectivity index (χ4v) is 1.87. The lowest BCUT2D eigenvalue weighted by Crippen LogP contribution is -2.10. The van der Waals surface area contributed by atoms with E-state index in [9.17, 15) is 0 Å². The van der Waals surface area contributed by atoms with Crippen LogP contribution in [0.4, 0.5) is 6.01 Å². The molecule has 0 saturated heterocycles. The van der Waals surface area contributed by atoms with Crippen molar-refractivity contribution in [2.75, 3.05) is 5.32 Å². The normalized spacial score (nSPS) is 13.3. The van der Waals surface area contributed by atoms with Crippen LogP contribution in [0.2, 0.25) is 0 Å². The van der Waals surface area contributed by atoms with Crippen molar-refractivity contribution in [3.8, 4) is 0 Å². The molecule has 0 spiro atoms. The van der Waals surface area contributed by atoms with Gasteiger partial charge in [-0.05, 0) is 39.8 Å². The monoisotopic (exact) mass is 257 g/mol. The van der Waals surface area contributed by atoms with E-state index in [0.717, 1.165) is 22.5 Å². The van der Waals surface area contributed by atoms with Crippen LogP contribution in [0, 0.1) is 0 Å². The summed E-state index contributed by atoms with van der Waals surface area (Å²) in [5, 5.41) is 3.18. The Bertz CT molecular complexity index is 590. The quantitative estimate of drug-likeness (QED) is 0.842. The van der Waals surface area contributed by atoms with Crippen molar-refractivity contribution in [2.45, 2.75) is 33.7 Å². The molecule has 0 aliphatic heterocycles. The van der Waals surface area contributed by atoms with Crippen LogP contribution >= 0.6 is 0 Å². The third-order valence-electron chi connectivity index (χ3n) is 2.67. The molecule has 0 aliphatic carbocycles. The first-order chi connectivity index (χ1) is 9.10. The number of hydrogen-bond acceptors (Lipinski definition) is 4. The molecule has 1 aromatic carbocycles. The molecule has 19 heavy (non-hydrogen) atoms. The van der Waals surface area contributed by atoms with Crippen molar-refractivity contribution >= 4 is 22.8 Å². The summed E-state index contributed by atoms with van der Waals surface area (Å²) >= 11 is 0. The lowest BCUT2D eigenvalue weighted by molar-refractivity contribution is 0.621. The van der Waals surface area contributed by atoms with Gasteiger partial charge in [0.25, 0.3) is 6.01 Å². The van der Waals surface area contributed by atoms with Gasteiger partial charge in [0.15, 0.2) is 5.58 Å². The van der Waals surface area contributed by atoms with Crippen LogP contribution in [-0.4, -0.2) is 16.7 Å². The second kappa shape index (κ2) is 5.69. The average molecular weight is 257 g/mol. The molecule has 0 saturated carbocycles. The molecule has 100 valence electrons. The second-order valence-corrected chi connectivity index (χ2v) is 4.62. The van der Waals surface area contributed by atoms with Gasteiger partial charge in [-0.15, -0.1) is 0 Å². The molecule has 1 heterocycles. The Morgan fingerprint density at radius 1 is 1.37 bits per heavy atom. The molecule has 2 aromatic rings. The van der Waals surface area contributed by atoms with Crippen LogP contribution in [0.1, 0.15) is 27.7 Å². The summed E-state index contributed by atoms with van der Waals surface area (Å²) in [6.07, 6.45) is 1.97. The van der Waals surface area contributed by atoms with Crippen LogP contribution in [0.3, 0.4) is 0 Å². The van der Waals surface area contributed by atoms with Crippen molar-refractivity contribution in [1.29, 1.82) is 0 Å². The van der Waals surface area contributed by atoms with Gasteiger partial charge >= 0.3 is 0 Å². The maximum absolute atomic E-state index is 5.64. The summed E-state index contributed by atoms with van der Waals surface area (Å²) in [6, 6.07) is 8.45. The standard InChI is InChI=1S/C15H19N3O/c1-5-12(11(4)16-10(2)3)17-15-18-13-8-6-7-9-14(13)19-15/h5-10H,1-4H3,(H,17,18)/b12-5+,16-11-.